The van der Waals surface area contributed by atoms with Gasteiger partial charge in [-0.1, -0.05) is 18.2 Å². The van der Waals surface area contributed by atoms with E-state index < -0.39 is 0 Å². The number of phenols is 1. The number of carbonyl (C=O) groups excluding carboxylic acids is 1. The predicted octanol–water partition coefficient (Wildman–Crippen LogP) is 6.16. The smallest absolute Gasteiger partial charge is 0.228 e. The lowest BCUT2D eigenvalue weighted by Crippen LogP contribution is -2.26. The number of pyridine rings is 1. The molecule has 3 rings (SSSR count). The average Bonchev–Trinajstić information content (AvgIpc) is 2.88. The van der Waals surface area contributed by atoms with Gasteiger partial charge in [-0.2, -0.15) is 0 Å². The third-order valence-corrected chi connectivity index (χ3v) is 5.79. The van der Waals surface area contributed by atoms with Crippen LogP contribution in [-0.2, 0) is 9.53 Å². The summed E-state index contributed by atoms with van der Waals surface area (Å²) in [5.41, 5.74) is 2.51. The molecule has 0 aliphatic rings. The number of rotatable bonds is 12. The van der Waals surface area contributed by atoms with Crippen molar-refractivity contribution < 1.29 is 19.4 Å². The number of benzene rings is 2. The molecule has 1 heterocycles. The van der Waals surface area contributed by atoms with Crippen molar-refractivity contribution in [3.63, 3.8) is 0 Å². The summed E-state index contributed by atoms with van der Waals surface area (Å²) in [6.45, 7) is 13.0. The Bertz CT molecular complexity index is 1240. The van der Waals surface area contributed by atoms with E-state index in [1.807, 2.05) is 63.2 Å². The molecule has 3 aromatic rings. The summed E-state index contributed by atoms with van der Waals surface area (Å²) in [5.74, 6) is 1.25. The largest absolute Gasteiger partial charge is 0.506 e. The lowest BCUT2D eigenvalue weighted by atomic mass is 10.1. The molecule has 0 aliphatic heterocycles. The standard InChI is InChI=1S/C29H37N5O4/c1-7-33(8-2)29-15-14-26(21(5)32-29)34(22(6)35)27-16-25(31-19-38-23-12-10-9-11-13-23)28(36)17-24(27)30-18-37-20(3)4/h9-18,20,31,36H,7-8,19H2,1-6H3. The molecule has 0 saturated carbocycles. The maximum atomic E-state index is 13.1. The fraction of sp³-hybridized carbons (Fsp3) is 0.345. The highest BCUT2D eigenvalue weighted by atomic mass is 16.5. The Hall–Kier alpha value is -4.27. The Morgan fingerprint density at radius 2 is 1.82 bits per heavy atom. The van der Waals surface area contributed by atoms with Gasteiger partial charge < -0.3 is 24.8 Å². The molecule has 0 bridgehead atoms. The molecule has 0 radical (unpaired) electrons. The molecule has 202 valence electrons. The number of aromatic hydroxyl groups is 1. The first-order valence-electron chi connectivity index (χ1n) is 12.7. The Kier molecular flexibility index (Phi) is 9.92. The molecule has 38 heavy (non-hydrogen) atoms. The zero-order valence-electron chi connectivity index (χ0n) is 22.9. The molecule has 2 N–H and O–H groups in total. The Balaban J connectivity index is 2.03. The SMILES string of the molecule is CCN(CC)c1ccc(N(C(C)=O)c2cc(NCOc3ccccc3)c(O)cc2N=COC(C)C)c(C)n1. The third kappa shape index (κ3) is 7.15. The Labute approximate surface area is 224 Å². The van der Waals surface area contributed by atoms with Gasteiger partial charge in [0, 0.05) is 26.1 Å². The number of amides is 1. The highest BCUT2D eigenvalue weighted by Crippen LogP contribution is 2.42. The summed E-state index contributed by atoms with van der Waals surface area (Å²) in [6, 6.07) is 16.3. The van der Waals surface area contributed by atoms with E-state index in [0.29, 0.717) is 34.2 Å². The summed E-state index contributed by atoms with van der Waals surface area (Å²) in [5, 5.41) is 13.9. The summed E-state index contributed by atoms with van der Waals surface area (Å²) < 4.78 is 11.2. The summed E-state index contributed by atoms with van der Waals surface area (Å²) in [6.07, 6.45) is 1.25. The van der Waals surface area contributed by atoms with Crippen LogP contribution in [-0.4, -0.2) is 48.3 Å². The van der Waals surface area contributed by atoms with E-state index in [2.05, 4.69) is 29.1 Å². The van der Waals surface area contributed by atoms with Crippen LogP contribution < -0.4 is 19.9 Å². The topological polar surface area (TPSA) is 99.5 Å². The number of nitrogens with zero attached hydrogens (tertiary/aromatic N) is 4. The van der Waals surface area contributed by atoms with Gasteiger partial charge in [0.05, 0.1) is 34.5 Å². The lowest BCUT2D eigenvalue weighted by Gasteiger charge is -2.27. The monoisotopic (exact) mass is 519 g/mol. The van der Waals surface area contributed by atoms with Gasteiger partial charge in [0.1, 0.15) is 17.3 Å². The van der Waals surface area contributed by atoms with Crippen molar-refractivity contribution >= 4 is 40.9 Å². The number of hydrogen-bond donors (Lipinski definition) is 2. The van der Waals surface area contributed by atoms with Crippen LogP contribution in [0.2, 0.25) is 0 Å². The van der Waals surface area contributed by atoms with E-state index in [-0.39, 0.29) is 24.5 Å². The number of hydrogen-bond acceptors (Lipinski definition) is 8. The second kappa shape index (κ2) is 13.3. The number of aromatic nitrogens is 1. The van der Waals surface area contributed by atoms with Gasteiger partial charge in [0.2, 0.25) is 5.91 Å². The molecule has 0 aliphatic carbocycles. The number of ether oxygens (including phenoxy) is 2. The van der Waals surface area contributed by atoms with Gasteiger partial charge in [-0.05, 0) is 65.0 Å². The van der Waals surface area contributed by atoms with Gasteiger partial charge >= 0.3 is 0 Å². The number of phenolic OH excluding ortho intramolecular Hbond substituents is 1. The summed E-state index contributed by atoms with van der Waals surface area (Å²) in [7, 11) is 0. The minimum Gasteiger partial charge on any atom is -0.506 e. The van der Waals surface area contributed by atoms with Crippen molar-refractivity contribution in [2.24, 2.45) is 4.99 Å². The quantitative estimate of drug-likeness (QED) is 0.128. The zero-order valence-corrected chi connectivity index (χ0v) is 22.9. The fourth-order valence-electron chi connectivity index (χ4n) is 3.88. The molecule has 1 amide bonds. The first-order valence-corrected chi connectivity index (χ1v) is 12.7. The Morgan fingerprint density at radius 1 is 1.11 bits per heavy atom. The van der Waals surface area contributed by atoms with Crippen LogP contribution in [0, 0.1) is 6.92 Å². The highest BCUT2D eigenvalue weighted by molar-refractivity contribution is 6.03. The second-order valence-corrected chi connectivity index (χ2v) is 8.86. The molecular formula is C29H37N5O4. The van der Waals surface area contributed by atoms with Gasteiger partial charge in [-0.15, -0.1) is 0 Å². The van der Waals surface area contributed by atoms with Crippen molar-refractivity contribution in [2.45, 2.75) is 47.6 Å². The fourth-order valence-corrected chi connectivity index (χ4v) is 3.88. The second-order valence-electron chi connectivity index (χ2n) is 8.86. The van der Waals surface area contributed by atoms with Crippen LogP contribution in [0.4, 0.5) is 28.6 Å². The van der Waals surface area contributed by atoms with Crippen molar-refractivity contribution in [3.05, 3.63) is 60.3 Å². The molecule has 9 nitrogen and oxygen atoms in total. The van der Waals surface area contributed by atoms with Crippen molar-refractivity contribution in [1.29, 1.82) is 0 Å². The predicted molar refractivity (Wildman–Crippen MR) is 153 cm³/mol. The minimum atomic E-state index is -0.233. The maximum absolute atomic E-state index is 13.1. The van der Waals surface area contributed by atoms with Gasteiger partial charge in [0.15, 0.2) is 13.1 Å². The first kappa shape index (κ1) is 28.3. The van der Waals surface area contributed by atoms with Crippen LogP contribution in [0.5, 0.6) is 11.5 Å². The lowest BCUT2D eigenvalue weighted by molar-refractivity contribution is -0.115. The average molecular weight is 520 g/mol. The van der Waals surface area contributed by atoms with Crippen molar-refractivity contribution in [1.82, 2.24) is 4.98 Å². The van der Waals surface area contributed by atoms with E-state index in [1.54, 1.807) is 11.0 Å². The van der Waals surface area contributed by atoms with Crippen LogP contribution in [0.3, 0.4) is 0 Å². The summed E-state index contributed by atoms with van der Waals surface area (Å²) in [4.78, 5) is 25.9. The maximum Gasteiger partial charge on any atom is 0.228 e. The molecule has 9 heteroatoms. The van der Waals surface area contributed by atoms with Gasteiger partial charge in [-0.25, -0.2) is 9.98 Å². The first-order chi connectivity index (χ1) is 18.2. The Morgan fingerprint density at radius 3 is 2.42 bits per heavy atom. The molecule has 2 aromatic carbocycles. The minimum absolute atomic E-state index is 0.0441. The van der Waals surface area contributed by atoms with Gasteiger partial charge in [-0.3, -0.25) is 9.69 Å². The van der Waals surface area contributed by atoms with Crippen molar-refractivity contribution in [2.75, 3.05) is 34.9 Å². The van der Waals surface area contributed by atoms with Crippen LogP contribution in [0.1, 0.15) is 40.3 Å². The highest BCUT2D eigenvalue weighted by Gasteiger charge is 2.23. The molecule has 0 atom stereocenters. The molecule has 1 aromatic heterocycles. The van der Waals surface area contributed by atoms with E-state index in [4.69, 9.17) is 14.5 Å². The number of nitrogens with one attached hydrogen (secondary N) is 1. The van der Waals surface area contributed by atoms with Crippen LogP contribution in [0.15, 0.2) is 59.6 Å². The number of carbonyl (C=O) groups is 1. The van der Waals surface area contributed by atoms with E-state index in [9.17, 15) is 9.90 Å². The number of aryl methyl sites for hydroxylation is 1. The van der Waals surface area contributed by atoms with Crippen molar-refractivity contribution in [3.8, 4) is 11.5 Å². The van der Waals surface area contributed by atoms with E-state index >= 15 is 0 Å². The van der Waals surface area contributed by atoms with Crippen LogP contribution >= 0.6 is 0 Å². The number of para-hydroxylation sites is 1. The van der Waals surface area contributed by atoms with Crippen LogP contribution in [0.25, 0.3) is 0 Å². The molecular weight excluding hydrogens is 482 g/mol. The molecule has 0 fully saturated rings. The normalized spacial score (nSPS) is 11.0. The van der Waals surface area contributed by atoms with Gasteiger partial charge in [0.25, 0.3) is 0 Å². The van der Waals surface area contributed by atoms with E-state index in [0.717, 1.165) is 18.9 Å². The molecule has 0 spiro atoms. The molecule has 0 unspecified atom stereocenters. The third-order valence-electron chi connectivity index (χ3n) is 5.79. The number of anilines is 4. The van der Waals surface area contributed by atoms with E-state index in [1.165, 1.54) is 19.4 Å². The molecule has 0 saturated heterocycles. The zero-order chi connectivity index (χ0) is 27.7. The number of aliphatic imine (C=N–C) groups is 1. The summed E-state index contributed by atoms with van der Waals surface area (Å²) >= 11 is 0.